The van der Waals surface area contributed by atoms with E-state index in [-0.39, 0.29) is 11.5 Å². The molecule has 1 rings (SSSR count). The molecule has 1 N–H and O–H groups in total. The van der Waals surface area contributed by atoms with E-state index >= 15 is 0 Å². The van der Waals surface area contributed by atoms with Crippen molar-refractivity contribution in [1.29, 1.82) is 0 Å². The van der Waals surface area contributed by atoms with Crippen LogP contribution in [0.3, 0.4) is 0 Å². The maximum absolute atomic E-state index is 9.70. The predicted molar refractivity (Wildman–Crippen MR) is 52.0 cm³/mol. The zero-order valence-electron chi connectivity index (χ0n) is 9.02. The van der Waals surface area contributed by atoms with Gasteiger partial charge in [0.15, 0.2) is 0 Å². The molecule has 3 atom stereocenters. The summed E-state index contributed by atoms with van der Waals surface area (Å²) < 4.78 is 0. The fraction of sp³-hybridized carbons (Fsp3) is 1.00. The van der Waals surface area contributed by atoms with E-state index in [9.17, 15) is 5.11 Å². The molecule has 0 amide bonds. The Bertz CT molecular complexity index is 168. The molecule has 0 aromatic carbocycles. The first-order valence-electron chi connectivity index (χ1n) is 5.00. The van der Waals surface area contributed by atoms with Crippen LogP contribution in [-0.2, 0) is 0 Å². The molecule has 1 fully saturated rings. The molecule has 3 unspecified atom stereocenters. The fourth-order valence-electron chi connectivity index (χ4n) is 2.66. The summed E-state index contributed by atoms with van der Waals surface area (Å²) in [5, 5.41) is 9.70. The smallest absolute Gasteiger partial charge is 0.0599 e. The highest BCUT2D eigenvalue weighted by Gasteiger charge is 2.53. The van der Waals surface area contributed by atoms with Gasteiger partial charge in [-0.15, -0.1) is 0 Å². The van der Waals surface area contributed by atoms with E-state index in [0.717, 1.165) is 12.8 Å². The van der Waals surface area contributed by atoms with Crippen LogP contribution in [0.15, 0.2) is 0 Å². The summed E-state index contributed by atoms with van der Waals surface area (Å²) in [6.07, 6.45) is 2.02. The zero-order chi connectivity index (χ0) is 9.57. The highest BCUT2D eigenvalue weighted by molar-refractivity contribution is 5.03. The lowest BCUT2D eigenvalue weighted by atomic mass is 9.50. The molecule has 0 saturated heterocycles. The molecule has 72 valence electrons. The molecule has 0 aromatic rings. The van der Waals surface area contributed by atoms with Crippen molar-refractivity contribution in [2.45, 2.75) is 53.6 Å². The van der Waals surface area contributed by atoms with E-state index in [4.69, 9.17) is 0 Å². The van der Waals surface area contributed by atoms with Gasteiger partial charge >= 0.3 is 0 Å². The fourth-order valence-corrected chi connectivity index (χ4v) is 2.66. The van der Waals surface area contributed by atoms with Crippen LogP contribution in [0.25, 0.3) is 0 Å². The van der Waals surface area contributed by atoms with Crippen molar-refractivity contribution in [3.63, 3.8) is 0 Å². The quantitative estimate of drug-likeness (QED) is 0.641. The van der Waals surface area contributed by atoms with Gasteiger partial charge in [0.25, 0.3) is 0 Å². The van der Waals surface area contributed by atoms with Crippen LogP contribution in [0.4, 0.5) is 0 Å². The third-order valence-electron chi connectivity index (χ3n) is 3.82. The van der Waals surface area contributed by atoms with Gasteiger partial charge in [0.05, 0.1) is 6.10 Å². The Morgan fingerprint density at radius 3 is 2.08 bits per heavy atom. The molecule has 0 heterocycles. The van der Waals surface area contributed by atoms with Crippen molar-refractivity contribution in [2.75, 3.05) is 0 Å². The Hall–Kier alpha value is -0.0400. The summed E-state index contributed by atoms with van der Waals surface area (Å²) in [4.78, 5) is 0. The van der Waals surface area contributed by atoms with Crippen LogP contribution in [0.2, 0.25) is 0 Å². The molecule has 1 saturated carbocycles. The Morgan fingerprint density at radius 1 is 1.42 bits per heavy atom. The lowest BCUT2D eigenvalue weighted by Gasteiger charge is -2.57. The monoisotopic (exact) mass is 170 g/mol. The number of rotatable bonds is 1. The molecule has 0 aliphatic heterocycles. The predicted octanol–water partition coefficient (Wildman–Crippen LogP) is 2.83. The van der Waals surface area contributed by atoms with Gasteiger partial charge in [-0.2, -0.15) is 0 Å². The number of hydrogen-bond donors (Lipinski definition) is 1. The van der Waals surface area contributed by atoms with E-state index in [1.54, 1.807) is 0 Å². The van der Waals surface area contributed by atoms with E-state index in [1.165, 1.54) is 0 Å². The van der Waals surface area contributed by atoms with E-state index < -0.39 is 0 Å². The Morgan fingerprint density at radius 2 is 1.92 bits per heavy atom. The number of aliphatic hydroxyl groups excluding tert-OH is 1. The minimum Gasteiger partial charge on any atom is -0.393 e. The first-order valence-corrected chi connectivity index (χ1v) is 5.00. The molecule has 1 heteroatoms. The van der Waals surface area contributed by atoms with Gasteiger partial charge in [-0.05, 0) is 29.6 Å². The summed E-state index contributed by atoms with van der Waals surface area (Å²) >= 11 is 0. The molecule has 1 aliphatic rings. The van der Waals surface area contributed by atoms with Crippen molar-refractivity contribution in [1.82, 2.24) is 0 Å². The van der Waals surface area contributed by atoms with Crippen LogP contribution >= 0.6 is 0 Å². The summed E-state index contributed by atoms with van der Waals surface area (Å²) in [6.45, 7) is 11.2. The molecule has 1 nitrogen and oxygen atoms in total. The minimum atomic E-state index is -0.0632. The second-order valence-electron chi connectivity index (χ2n) is 5.53. The lowest BCUT2D eigenvalue weighted by molar-refractivity contribution is -0.153. The van der Waals surface area contributed by atoms with Crippen LogP contribution in [0, 0.1) is 16.7 Å². The SMILES string of the molecule is CCC1(C)C(O)CC1C(C)(C)C. The van der Waals surface area contributed by atoms with Crippen molar-refractivity contribution in [2.24, 2.45) is 16.7 Å². The molecule has 0 radical (unpaired) electrons. The summed E-state index contributed by atoms with van der Waals surface area (Å²) in [7, 11) is 0. The van der Waals surface area contributed by atoms with Crippen LogP contribution in [-0.4, -0.2) is 11.2 Å². The second-order valence-corrected chi connectivity index (χ2v) is 5.53. The lowest BCUT2D eigenvalue weighted by Crippen LogP contribution is -2.55. The average Bonchev–Trinajstić information content (AvgIpc) is 1.96. The molecule has 12 heavy (non-hydrogen) atoms. The number of hydrogen-bond acceptors (Lipinski definition) is 1. The van der Waals surface area contributed by atoms with Gasteiger partial charge in [-0.3, -0.25) is 0 Å². The topological polar surface area (TPSA) is 20.2 Å². The maximum Gasteiger partial charge on any atom is 0.0599 e. The van der Waals surface area contributed by atoms with Gasteiger partial charge in [-0.25, -0.2) is 0 Å². The number of aliphatic hydroxyl groups is 1. The van der Waals surface area contributed by atoms with E-state index in [1.807, 2.05) is 0 Å². The molecule has 0 spiro atoms. The first-order chi connectivity index (χ1) is 5.32. The Labute approximate surface area is 76.2 Å². The first kappa shape index (κ1) is 10.0. The molecule has 0 aromatic heterocycles. The third-order valence-corrected chi connectivity index (χ3v) is 3.82. The van der Waals surface area contributed by atoms with Crippen LogP contribution in [0.5, 0.6) is 0 Å². The molecular weight excluding hydrogens is 148 g/mol. The van der Waals surface area contributed by atoms with Gasteiger partial charge in [0, 0.05) is 0 Å². The normalized spacial score (nSPS) is 42.5. The van der Waals surface area contributed by atoms with E-state index in [0.29, 0.717) is 11.3 Å². The molecule has 0 bridgehead atoms. The van der Waals surface area contributed by atoms with Crippen LogP contribution < -0.4 is 0 Å². The van der Waals surface area contributed by atoms with Gasteiger partial charge in [-0.1, -0.05) is 34.6 Å². The third kappa shape index (κ3) is 1.28. The zero-order valence-corrected chi connectivity index (χ0v) is 9.02. The summed E-state index contributed by atoms with van der Waals surface area (Å²) in [5.74, 6) is 0.685. The van der Waals surface area contributed by atoms with E-state index in [2.05, 4.69) is 34.6 Å². The molecular formula is C11H22O. The maximum atomic E-state index is 9.70. The van der Waals surface area contributed by atoms with Gasteiger partial charge in [0.2, 0.25) is 0 Å². The Kier molecular flexibility index (Phi) is 2.28. The van der Waals surface area contributed by atoms with Gasteiger partial charge in [0.1, 0.15) is 0 Å². The second kappa shape index (κ2) is 2.73. The highest BCUT2D eigenvalue weighted by atomic mass is 16.3. The standard InChI is InChI=1S/C11H22O/c1-6-11(5)8(7-9(11)12)10(2,3)4/h8-9,12H,6-7H2,1-5H3. The summed E-state index contributed by atoms with van der Waals surface area (Å²) in [6, 6.07) is 0. The minimum absolute atomic E-state index is 0.0632. The van der Waals surface area contributed by atoms with Crippen molar-refractivity contribution < 1.29 is 5.11 Å². The summed E-state index contributed by atoms with van der Waals surface area (Å²) in [5.41, 5.74) is 0.530. The van der Waals surface area contributed by atoms with Crippen LogP contribution in [0.1, 0.15) is 47.5 Å². The van der Waals surface area contributed by atoms with Gasteiger partial charge < -0.3 is 5.11 Å². The Balaban J connectivity index is 2.73. The average molecular weight is 170 g/mol. The highest BCUT2D eigenvalue weighted by Crippen LogP contribution is 2.56. The molecule has 1 aliphatic carbocycles. The van der Waals surface area contributed by atoms with Crippen molar-refractivity contribution in [3.8, 4) is 0 Å². The van der Waals surface area contributed by atoms with Crippen molar-refractivity contribution >= 4 is 0 Å². The van der Waals surface area contributed by atoms with Crippen molar-refractivity contribution in [3.05, 3.63) is 0 Å². The largest absolute Gasteiger partial charge is 0.393 e.